The predicted octanol–water partition coefficient (Wildman–Crippen LogP) is 13.2. The van der Waals surface area contributed by atoms with Crippen molar-refractivity contribution >= 4 is 34.6 Å². The summed E-state index contributed by atoms with van der Waals surface area (Å²) in [5.74, 6) is -5.47. The number of hydrogen-bond donors (Lipinski definition) is 8. The van der Waals surface area contributed by atoms with Gasteiger partial charge in [-0.3, -0.25) is 4.98 Å². The number of aromatic carboxylic acids is 4. The molecule has 9 aromatic carbocycles. The van der Waals surface area contributed by atoms with E-state index in [2.05, 4.69) is 4.98 Å². The molecule has 0 saturated heterocycles. The number of aromatic hydroxyl groups is 4. The molecule has 8 N–H and O–H groups in total. The fourth-order valence-electron chi connectivity index (χ4n) is 7.75. The predicted molar refractivity (Wildman–Crippen MR) is 283 cm³/mol. The molecule has 0 spiro atoms. The second-order valence-electron chi connectivity index (χ2n) is 16.2. The van der Waals surface area contributed by atoms with Crippen molar-refractivity contribution < 1.29 is 60.0 Å². The summed E-state index contributed by atoms with van der Waals surface area (Å²) in [5, 5.41) is 76.1. The van der Waals surface area contributed by atoms with Gasteiger partial charge in [-0.2, -0.15) is 0 Å². The van der Waals surface area contributed by atoms with Gasteiger partial charge in [-0.05, 0) is 122 Å². The molecule has 1 heterocycles. The number of benzene rings is 9. The lowest BCUT2D eigenvalue weighted by Gasteiger charge is -2.11. The van der Waals surface area contributed by atoms with Crippen LogP contribution < -0.4 is 0 Å². The van der Waals surface area contributed by atoms with E-state index in [1.54, 1.807) is 42.6 Å². The number of aromatic nitrogens is 1. The van der Waals surface area contributed by atoms with E-state index < -0.39 is 23.9 Å². The standard InChI is InChI=1S/C19H14O3.C17H12O3.C13H10O3.C12H9NO3/c20-18-11-10-14(12-17(18)19(21)22)16-9-5-4-8-15(16)13-6-2-1-3-7-13;18-16-9-8-12(10-15(16)17(19)20)14-7-3-5-11-4-1-2-6-13(11)14;14-12-7-6-10(8-11(12)13(15)16)9-4-2-1-3-5-9;14-11-5-4-8(7-9(11)12(15)16)10-3-1-2-6-13-10/h1-12,20H,(H,21,22);1-10,18H,(H,19,20);1-8,14H,(H,15,16);1-7,14H,(H,15,16). The molecule has 0 saturated carbocycles. The van der Waals surface area contributed by atoms with E-state index in [1.807, 2.05) is 133 Å². The van der Waals surface area contributed by atoms with Crippen LogP contribution in [0.15, 0.2) is 225 Å². The first-order valence-electron chi connectivity index (χ1n) is 22.5. The third-order valence-electron chi connectivity index (χ3n) is 11.4. The number of carboxylic acids is 4. The van der Waals surface area contributed by atoms with Gasteiger partial charge in [-0.15, -0.1) is 0 Å². The molecule has 13 nitrogen and oxygen atoms in total. The first kappa shape index (κ1) is 51.3. The number of carboxylic acid groups (broad SMARTS) is 4. The van der Waals surface area contributed by atoms with Crippen LogP contribution in [-0.4, -0.2) is 69.7 Å². The SMILES string of the molecule is O=C(O)c1cc(-c2cccc3ccccc23)ccc1O.O=C(O)c1cc(-c2ccccc2)ccc1O.O=C(O)c1cc(-c2ccccc2-c2ccccc2)ccc1O.O=C(O)c1cc(-c2ccccn2)ccc1O. The average Bonchev–Trinajstić information content (AvgIpc) is 3.42. The van der Waals surface area contributed by atoms with Crippen LogP contribution in [0.3, 0.4) is 0 Å². The summed E-state index contributed by atoms with van der Waals surface area (Å²) in [6, 6.07) is 64.5. The van der Waals surface area contributed by atoms with Gasteiger partial charge < -0.3 is 40.9 Å². The second-order valence-corrected chi connectivity index (χ2v) is 16.2. The molecule has 0 unspecified atom stereocenters. The third kappa shape index (κ3) is 12.6. The first-order valence-corrected chi connectivity index (χ1v) is 22.5. The Morgan fingerprint density at radius 2 is 0.662 bits per heavy atom. The molecule has 0 bridgehead atoms. The molecular formula is C61H45NO12. The van der Waals surface area contributed by atoms with E-state index in [0.29, 0.717) is 11.3 Å². The van der Waals surface area contributed by atoms with E-state index in [0.717, 1.165) is 55.3 Å². The van der Waals surface area contributed by atoms with Crippen LogP contribution >= 0.6 is 0 Å². The highest BCUT2D eigenvalue weighted by Crippen LogP contribution is 2.35. The number of phenols is 4. The van der Waals surface area contributed by atoms with Gasteiger partial charge in [0.15, 0.2) is 0 Å². The highest BCUT2D eigenvalue weighted by Gasteiger charge is 2.16. The Hall–Kier alpha value is -10.5. The summed E-state index contributed by atoms with van der Waals surface area (Å²) in [6.45, 7) is 0. The van der Waals surface area contributed by atoms with Gasteiger partial charge in [0.2, 0.25) is 0 Å². The molecule has 1 aromatic heterocycles. The molecule has 0 radical (unpaired) electrons. The molecule has 74 heavy (non-hydrogen) atoms. The van der Waals surface area contributed by atoms with Gasteiger partial charge in [-0.25, -0.2) is 19.2 Å². The molecule has 10 rings (SSSR count). The first-order chi connectivity index (χ1) is 35.7. The number of fused-ring (bicyclic) bond motifs is 1. The highest BCUT2D eigenvalue weighted by molar-refractivity contribution is 5.99. The number of carbonyl (C=O) groups is 4. The summed E-state index contributed by atoms with van der Waals surface area (Å²) >= 11 is 0. The fraction of sp³-hybridized carbons (Fsp3) is 0. The summed E-state index contributed by atoms with van der Waals surface area (Å²) in [6.07, 6.45) is 1.63. The van der Waals surface area contributed by atoms with Crippen LogP contribution in [0.25, 0.3) is 66.5 Å². The van der Waals surface area contributed by atoms with E-state index in [4.69, 9.17) is 20.4 Å². The molecular weight excluding hydrogens is 939 g/mol. The zero-order valence-corrected chi connectivity index (χ0v) is 39.0. The number of pyridine rings is 1. The minimum absolute atomic E-state index is 0.0821. The van der Waals surface area contributed by atoms with Gasteiger partial charge >= 0.3 is 23.9 Å². The van der Waals surface area contributed by atoms with Crippen molar-refractivity contribution in [2.24, 2.45) is 0 Å². The van der Waals surface area contributed by atoms with E-state index in [9.17, 15) is 39.6 Å². The van der Waals surface area contributed by atoms with Gasteiger partial charge in [0.05, 0.1) is 5.69 Å². The van der Waals surface area contributed by atoms with Gasteiger partial charge in [0, 0.05) is 11.8 Å². The van der Waals surface area contributed by atoms with Crippen molar-refractivity contribution in [2.45, 2.75) is 0 Å². The van der Waals surface area contributed by atoms with Crippen LogP contribution in [0.2, 0.25) is 0 Å². The van der Waals surface area contributed by atoms with E-state index in [-0.39, 0.29) is 45.3 Å². The molecule has 0 aliphatic heterocycles. The Labute approximate surface area is 423 Å². The Balaban J connectivity index is 0.000000146. The van der Waals surface area contributed by atoms with Crippen molar-refractivity contribution in [3.05, 3.63) is 247 Å². The zero-order chi connectivity index (χ0) is 52.7. The summed E-state index contributed by atoms with van der Waals surface area (Å²) in [5.41, 5.74) is 8.13. The van der Waals surface area contributed by atoms with Crippen LogP contribution in [-0.2, 0) is 0 Å². The average molecular weight is 984 g/mol. The molecule has 10 aromatic rings. The Morgan fingerprint density at radius 3 is 1.16 bits per heavy atom. The maximum absolute atomic E-state index is 11.2. The van der Waals surface area contributed by atoms with Crippen molar-refractivity contribution in [3.8, 4) is 78.8 Å². The number of nitrogens with zero attached hydrogens (tertiary/aromatic N) is 1. The monoisotopic (exact) mass is 983 g/mol. The normalized spacial score (nSPS) is 10.3. The maximum Gasteiger partial charge on any atom is 0.339 e. The lowest BCUT2D eigenvalue weighted by atomic mass is 9.93. The number of rotatable bonds is 9. The van der Waals surface area contributed by atoms with Crippen LogP contribution in [0.1, 0.15) is 41.4 Å². The maximum atomic E-state index is 11.2. The lowest BCUT2D eigenvalue weighted by Crippen LogP contribution is -1.97. The largest absolute Gasteiger partial charge is 0.507 e. The number of hydrogen-bond acceptors (Lipinski definition) is 9. The quantitative estimate of drug-likeness (QED) is 0.0672. The van der Waals surface area contributed by atoms with E-state index >= 15 is 0 Å². The van der Waals surface area contributed by atoms with Gasteiger partial charge in [0.25, 0.3) is 0 Å². The summed E-state index contributed by atoms with van der Waals surface area (Å²) < 4.78 is 0. The molecule has 366 valence electrons. The molecule has 0 fully saturated rings. The molecule has 13 heteroatoms. The Morgan fingerprint density at radius 1 is 0.297 bits per heavy atom. The van der Waals surface area contributed by atoms with Crippen molar-refractivity contribution in [2.75, 3.05) is 0 Å². The topological polar surface area (TPSA) is 243 Å². The smallest absolute Gasteiger partial charge is 0.339 e. The molecule has 0 atom stereocenters. The molecule has 0 aliphatic carbocycles. The Bertz CT molecular complexity index is 3520. The Kier molecular flexibility index (Phi) is 16.5. The summed E-state index contributed by atoms with van der Waals surface area (Å²) in [4.78, 5) is 48.1. The van der Waals surface area contributed by atoms with Crippen LogP contribution in [0.4, 0.5) is 0 Å². The third-order valence-corrected chi connectivity index (χ3v) is 11.4. The van der Waals surface area contributed by atoms with Gasteiger partial charge in [0.1, 0.15) is 45.3 Å². The van der Waals surface area contributed by atoms with E-state index in [1.165, 1.54) is 48.5 Å². The minimum atomic E-state index is -1.16. The fourth-order valence-corrected chi connectivity index (χ4v) is 7.75. The van der Waals surface area contributed by atoms with Crippen LogP contribution in [0.5, 0.6) is 23.0 Å². The highest BCUT2D eigenvalue weighted by atomic mass is 16.4. The van der Waals surface area contributed by atoms with Crippen molar-refractivity contribution in [1.29, 1.82) is 0 Å². The molecule has 0 amide bonds. The summed E-state index contributed by atoms with van der Waals surface area (Å²) in [7, 11) is 0. The minimum Gasteiger partial charge on any atom is -0.507 e. The van der Waals surface area contributed by atoms with Crippen molar-refractivity contribution in [1.82, 2.24) is 4.98 Å². The molecule has 0 aliphatic rings. The van der Waals surface area contributed by atoms with Crippen LogP contribution in [0, 0.1) is 0 Å². The second kappa shape index (κ2) is 23.9. The zero-order valence-electron chi connectivity index (χ0n) is 39.0. The van der Waals surface area contributed by atoms with Crippen molar-refractivity contribution in [3.63, 3.8) is 0 Å². The van der Waals surface area contributed by atoms with Gasteiger partial charge in [-0.1, -0.05) is 152 Å². The lowest BCUT2D eigenvalue weighted by molar-refractivity contribution is 0.0682.